The molecule has 0 atom stereocenters. The molecule has 0 N–H and O–H groups in total. The van der Waals surface area contributed by atoms with Gasteiger partial charge in [-0.2, -0.15) is 0 Å². The summed E-state index contributed by atoms with van der Waals surface area (Å²) in [6.07, 6.45) is 4.52. The molecule has 1 aliphatic heterocycles. The van der Waals surface area contributed by atoms with Gasteiger partial charge in [-0.3, -0.25) is 14.7 Å². The van der Waals surface area contributed by atoms with E-state index in [9.17, 15) is 4.79 Å². The number of carbonyl (C=O) groups is 1. The fourth-order valence-corrected chi connectivity index (χ4v) is 3.25. The molecule has 26 heavy (non-hydrogen) atoms. The van der Waals surface area contributed by atoms with E-state index in [1.165, 1.54) is 0 Å². The van der Waals surface area contributed by atoms with Crippen LogP contribution in [-0.4, -0.2) is 60.1 Å². The van der Waals surface area contributed by atoms with Gasteiger partial charge in [-0.1, -0.05) is 18.2 Å². The van der Waals surface area contributed by atoms with E-state index in [0.717, 1.165) is 62.5 Å². The van der Waals surface area contributed by atoms with Crippen molar-refractivity contribution in [3.63, 3.8) is 0 Å². The average molecular weight is 353 g/mol. The molecule has 0 radical (unpaired) electrons. The summed E-state index contributed by atoms with van der Waals surface area (Å²) < 4.78 is 5.40. The molecule has 0 aliphatic carbocycles. The van der Waals surface area contributed by atoms with Gasteiger partial charge >= 0.3 is 0 Å². The molecule has 1 amide bonds. The highest BCUT2D eigenvalue weighted by atomic mass is 16.5. The van der Waals surface area contributed by atoms with Gasteiger partial charge in [0.05, 0.1) is 13.2 Å². The topological polar surface area (TPSA) is 45.7 Å². The lowest BCUT2D eigenvalue weighted by Crippen LogP contribution is -2.39. The lowest BCUT2D eigenvalue weighted by atomic mass is 10.1. The van der Waals surface area contributed by atoms with Gasteiger partial charge in [0.2, 0.25) is 0 Å². The first-order chi connectivity index (χ1) is 12.7. The smallest absolute Gasteiger partial charge is 0.254 e. The van der Waals surface area contributed by atoms with E-state index in [0.29, 0.717) is 6.54 Å². The lowest BCUT2D eigenvalue weighted by Gasteiger charge is -2.28. The van der Waals surface area contributed by atoms with Crippen LogP contribution in [0.25, 0.3) is 0 Å². The maximum atomic E-state index is 13.1. The first-order valence-electron chi connectivity index (χ1n) is 9.28. The summed E-state index contributed by atoms with van der Waals surface area (Å²) in [5.74, 6) is 0.0990. The Morgan fingerprint density at radius 1 is 1.15 bits per heavy atom. The minimum Gasteiger partial charge on any atom is -0.379 e. The van der Waals surface area contributed by atoms with E-state index in [-0.39, 0.29) is 5.91 Å². The van der Waals surface area contributed by atoms with Gasteiger partial charge in [0.15, 0.2) is 0 Å². The molecule has 2 heterocycles. The summed E-state index contributed by atoms with van der Waals surface area (Å²) in [5.41, 5.74) is 2.91. The van der Waals surface area contributed by atoms with E-state index < -0.39 is 0 Å². The zero-order chi connectivity index (χ0) is 18.2. The summed E-state index contributed by atoms with van der Waals surface area (Å²) >= 11 is 0. The largest absolute Gasteiger partial charge is 0.379 e. The molecule has 3 rings (SSSR count). The summed E-state index contributed by atoms with van der Waals surface area (Å²) in [5, 5.41) is 0. The van der Waals surface area contributed by atoms with E-state index in [1.807, 2.05) is 48.2 Å². The van der Waals surface area contributed by atoms with Crippen molar-refractivity contribution in [1.82, 2.24) is 14.8 Å². The molecule has 0 spiro atoms. The van der Waals surface area contributed by atoms with Crippen molar-refractivity contribution >= 4 is 5.91 Å². The molecular weight excluding hydrogens is 326 g/mol. The average Bonchev–Trinajstić information content (AvgIpc) is 2.69. The number of pyridine rings is 1. The Balaban J connectivity index is 1.66. The molecule has 5 heteroatoms. The summed E-state index contributed by atoms with van der Waals surface area (Å²) in [6.45, 7) is 7.92. The molecule has 1 fully saturated rings. The van der Waals surface area contributed by atoms with Crippen LogP contribution in [0.5, 0.6) is 0 Å². The highest BCUT2D eigenvalue weighted by Gasteiger charge is 2.18. The third-order valence-corrected chi connectivity index (χ3v) is 4.79. The predicted octanol–water partition coefficient (Wildman–Crippen LogP) is 2.75. The van der Waals surface area contributed by atoms with E-state index in [2.05, 4.69) is 9.88 Å². The number of rotatable bonds is 7. The van der Waals surface area contributed by atoms with Gasteiger partial charge in [0.25, 0.3) is 5.91 Å². The summed E-state index contributed by atoms with van der Waals surface area (Å²) in [7, 11) is 0. The van der Waals surface area contributed by atoms with Gasteiger partial charge in [-0.25, -0.2) is 0 Å². The minimum absolute atomic E-state index is 0.0990. The first kappa shape index (κ1) is 18.5. The Hall–Kier alpha value is -2.24. The second kappa shape index (κ2) is 9.46. The number of morpholine rings is 1. The third kappa shape index (κ3) is 5.13. The summed E-state index contributed by atoms with van der Waals surface area (Å²) in [6, 6.07) is 11.8. The third-order valence-electron chi connectivity index (χ3n) is 4.79. The Morgan fingerprint density at radius 3 is 2.62 bits per heavy atom. The molecule has 2 aromatic rings. The zero-order valence-electron chi connectivity index (χ0n) is 15.4. The number of benzene rings is 1. The van der Waals surface area contributed by atoms with E-state index in [1.54, 1.807) is 12.4 Å². The monoisotopic (exact) mass is 353 g/mol. The second-order valence-corrected chi connectivity index (χ2v) is 6.70. The molecule has 138 valence electrons. The Bertz CT molecular complexity index is 699. The highest BCUT2D eigenvalue weighted by molar-refractivity contribution is 5.95. The van der Waals surface area contributed by atoms with Crippen molar-refractivity contribution in [2.75, 3.05) is 39.4 Å². The van der Waals surface area contributed by atoms with Crippen molar-refractivity contribution < 1.29 is 9.53 Å². The lowest BCUT2D eigenvalue weighted by molar-refractivity contribution is 0.0355. The van der Waals surface area contributed by atoms with Crippen LogP contribution in [0.3, 0.4) is 0 Å². The van der Waals surface area contributed by atoms with Crippen LogP contribution in [0.2, 0.25) is 0 Å². The molecule has 1 saturated heterocycles. The maximum Gasteiger partial charge on any atom is 0.254 e. The first-order valence-corrected chi connectivity index (χ1v) is 9.28. The quantitative estimate of drug-likeness (QED) is 0.768. The second-order valence-electron chi connectivity index (χ2n) is 6.70. The molecule has 0 bridgehead atoms. The molecular formula is C21H27N3O2. The number of nitrogens with zero attached hydrogens (tertiary/aromatic N) is 3. The van der Waals surface area contributed by atoms with Crippen LogP contribution in [0, 0.1) is 6.92 Å². The number of aromatic nitrogens is 1. The van der Waals surface area contributed by atoms with Crippen LogP contribution in [-0.2, 0) is 11.3 Å². The van der Waals surface area contributed by atoms with Crippen molar-refractivity contribution in [3.8, 4) is 0 Å². The number of aryl methyl sites for hydroxylation is 1. The van der Waals surface area contributed by atoms with Crippen molar-refractivity contribution in [3.05, 3.63) is 65.5 Å². The molecule has 0 unspecified atom stereocenters. The number of amides is 1. The normalized spacial score (nSPS) is 15.0. The van der Waals surface area contributed by atoms with Crippen LogP contribution < -0.4 is 0 Å². The Labute approximate surface area is 155 Å². The fourth-order valence-electron chi connectivity index (χ4n) is 3.25. The Morgan fingerprint density at radius 2 is 1.88 bits per heavy atom. The van der Waals surface area contributed by atoms with E-state index in [4.69, 9.17) is 4.74 Å². The molecule has 0 saturated carbocycles. The van der Waals surface area contributed by atoms with Gasteiger partial charge in [0.1, 0.15) is 0 Å². The van der Waals surface area contributed by atoms with Gasteiger partial charge < -0.3 is 9.64 Å². The van der Waals surface area contributed by atoms with Crippen LogP contribution in [0.1, 0.15) is 27.9 Å². The van der Waals surface area contributed by atoms with Gasteiger partial charge in [0, 0.05) is 50.7 Å². The summed E-state index contributed by atoms with van der Waals surface area (Å²) in [4.78, 5) is 21.6. The number of carbonyl (C=O) groups excluding carboxylic acids is 1. The number of ether oxygens (including phenoxy) is 1. The minimum atomic E-state index is 0.0990. The predicted molar refractivity (Wildman–Crippen MR) is 102 cm³/mol. The van der Waals surface area contributed by atoms with Crippen molar-refractivity contribution in [1.29, 1.82) is 0 Å². The standard InChI is InChI=1S/C21H27N3O2/c1-18-5-2-3-6-20(18)21(25)24(17-19-7-9-22-10-8-19)12-4-11-23-13-15-26-16-14-23/h2-3,5-10H,4,11-17H2,1H3. The maximum absolute atomic E-state index is 13.1. The highest BCUT2D eigenvalue weighted by Crippen LogP contribution is 2.14. The Kier molecular flexibility index (Phi) is 6.75. The zero-order valence-corrected chi connectivity index (χ0v) is 15.4. The molecule has 5 nitrogen and oxygen atoms in total. The van der Waals surface area contributed by atoms with Crippen molar-refractivity contribution in [2.45, 2.75) is 19.9 Å². The van der Waals surface area contributed by atoms with Crippen molar-refractivity contribution in [2.24, 2.45) is 0 Å². The number of hydrogen-bond acceptors (Lipinski definition) is 4. The number of hydrogen-bond donors (Lipinski definition) is 0. The molecule has 1 aliphatic rings. The van der Waals surface area contributed by atoms with E-state index >= 15 is 0 Å². The molecule has 1 aromatic carbocycles. The van der Waals surface area contributed by atoms with Crippen LogP contribution >= 0.6 is 0 Å². The van der Waals surface area contributed by atoms with Gasteiger partial charge in [-0.15, -0.1) is 0 Å². The SMILES string of the molecule is Cc1ccccc1C(=O)N(CCCN1CCOCC1)Cc1ccncc1. The fraction of sp³-hybridized carbons (Fsp3) is 0.429. The van der Waals surface area contributed by atoms with Crippen LogP contribution in [0.4, 0.5) is 0 Å². The van der Waals surface area contributed by atoms with Gasteiger partial charge in [-0.05, 0) is 42.7 Å². The van der Waals surface area contributed by atoms with Crippen LogP contribution in [0.15, 0.2) is 48.8 Å². The molecule has 1 aromatic heterocycles.